The van der Waals surface area contributed by atoms with Gasteiger partial charge in [-0.1, -0.05) is 23.5 Å². The number of halogens is 3. The van der Waals surface area contributed by atoms with Crippen molar-refractivity contribution in [3.05, 3.63) is 95.4 Å². The van der Waals surface area contributed by atoms with Crippen LogP contribution in [0.5, 0.6) is 0 Å². The van der Waals surface area contributed by atoms with Gasteiger partial charge in [-0.05, 0) is 48.2 Å². The molecule has 0 spiro atoms. The minimum Gasteiger partial charge on any atom is -0.365 e. The number of aromatic nitrogens is 3. The van der Waals surface area contributed by atoms with Crippen LogP contribution >= 0.6 is 11.3 Å². The van der Waals surface area contributed by atoms with Crippen LogP contribution in [0.15, 0.2) is 57.0 Å². The van der Waals surface area contributed by atoms with Crippen LogP contribution in [0.2, 0.25) is 0 Å². The Labute approximate surface area is 198 Å². The van der Waals surface area contributed by atoms with E-state index in [-0.39, 0.29) is 34.5 Å². The fourth-order valence-corrected chi connectivity index (χ4v) is 5.55. The third-order valence-corrected chi connectivity index (χ3v) is 7.29. The molecular formula is C23H17F3N4O4S. The van der Waals surface area contributed by atoms with Crippen LogP contribution in [0.1, 0.15) is 39.5 Å². The number of fused-ring (bicyclic) bond motifs is 2. The van der Waals surface area contributed by atoms with Crippen LogP contribution in [0.25, 0.3) is 15.9 Å². The van der Waals surface area contributed by atoms with Gasteiger partial charge >= 0.3 is 16.7 Å². The highest BCUT2D eigenvalue weighted by Gasteiger charge is 2.38. The highest BCUT2D eigenvalue weighted by Crippen LogP contribution is 2.41. The maximum Gasteiger partial charge on any atom is 0.416 e. The molecule has 0 radical (unpaired) electrons. The Morgan fingerprint density at radius 1 is 1.14 bits per heavy atom. The number of primary amides is 1. The highest BCUT2D eigenvalue weighted by atomic mass is 32.1. The number of carbonyl (C=O) groups excluding carboxylic acids is 1. The number of nitrogens with zero attached hydrogens (tertiary/aromatic N) is 3. The third-order valence-electron chi connectivity index (χ3n) is 6.30. The van der Waals surface area contributed by atoms with Gasteiger partial charge in [-0.25, -0.2) is 4.79 Å². The fourth-order valence-electron chi connectivity index (χ4n) is 4.64. The van der Waals surface area contributed by atoms with E-state index in [1.54, 1.807) is 25.2 Å². The molecule has 2 aromatic carbocycles. The molecule has 4 aromatic rings. The SMILES string of the molecule is Cn1c(=O)sc2cc(-n3cc(C(N)=O)c(=O)n([C@@H]4CCc5c4cccc5C(F)(F)F)c3=O)ccc21. The largest absolute Gasteiger partial charge is 0.416 e. The maximum absolute atomic E-state index is 13.5. The first-order valence-corrected chi connectivity index (χ1v) is 11.3. The van der Waals surface area contributed by atoms with E-state index in [1.165, 1.54) is 16.7 Å². The quantitative estimate of drug-likeness (QED) is 0.464. The molecule has 0 aliphatic heterocycles. The fraction of sp³-hybridized carbons (Fsp3) is 0.217. The van der Waals surface area contributed by atoms with E-state index in [2.05, 4.69) is 0 Å². The lowest BCUT2D eigenvalue weighted by atomic mass is 10.0. The van der Waals surface area contributed by atoms with E-state index < -0.39 is 40.5 Å². The van der Waals surface area contributed by atoms with Crippen LogP contribution < -0.4 is 21.9 Å². The minimum atomic E-state index is -4.59. The Balaban J connectivity index is 1.76. The zero-order valence-electron chi connectivity index (χ0n) is 18.1. The van der Waals surface area contributed by atoms with Crippen molar-refractivity contribution in [2.45, 2.75) is 25.1 Å². The molecule has 0 saturated carbocycles. The summed E-state index contributed by atoms with van der Waals surface area (Å²) in [7, 11) is 1.60. The summed E-state index contributed by atoms with van der Waals surface area (Å²) in [4.78, 5) is 50.6. The second-order valence-electron chi connectivity index (χ2n) is 8.24. The zero-order valence-corrected chi connectivity index (χ0v) is 18.9. The molecule has 1 aliphatic rings. The summed E-state index contributed by atoms with van der Waals surface area (Å²) in [6.45, 7) is 0. The molecule has 180 valence electrons. The first-order chi connectivity index (χ1) is 16.5. The number of carbonyl (C=O) groups is 1. The number of amides is 1. The van der Waals surface area contributed by atoms with E-state index in [0.717, 1.165) is 32.7 Å². The van der Waals surface area contributed by atoms with Crippen LogP contribution in [0, 0.1) is 0 Å². The van der Waals surface area contributed by atoms with Crippen LogP contribution in [-0.2, 0) is 19.6 Å². The topological polar surface area (TPSA) is 109 Å². The molecule has 1 atom stereocenters. The average Bonchev–Trinajstić information content (AvgIpc) is 3.33. The van der Waals surface area contributed by atoms with Gasteiger partial charge in [-0.2, -0.15) is 13.2 Å². The molecule has 0 fully saturated rings. The first kappa shape index (κ1) is 22.8. The Morgan fingerprint density at radius 3 is 2.57 bits per heavy atom. The zero-order chi connectivity index (χ0) is 25.2. The molecule has 0 saturated heterocycles. The van der Waals surface area contributed by atoms with E-state index in [0.29, 0.717) is 10.2 Å². The summed E-state index contributed by atoms with van der Waals surface area (Å²) in [6, 6.07) is 7.36. The van der Waals surface area contributed by atoms with Gasteiger partial charge in [0.25, 0.3) is 11.5 Å². The van der Waals surface area contributed by atoms with Crippen molar-refractivity contribution >= 4 is 27.5 Å². The van der Waals surface area contributed by atoms with E-state index in [9.17, 15) is 32.3 Å². The van der Waals surface area contributed by atoms with Crippen molar-refractivity contribution in [3.8, 4) is 5.69 Å². The second-order valence-corrected chi connectivity index (χ2v) is 9.23. The molecule has 8 nitrogen and oxygen atoms in total. The van der Waals surface area contributed by atoms with Crippen molar-refractivity contribution in [2.24, 2.45) is 12.8 Å². The van der Waals surface area contributed by atoms with Gasteiger partial charge < -0.3 is 10.3 Å². The number of benzene rings is 2. The number of hydrogen-bond acceptors (Lipinski definition) is 5. The lowest BCUT2D eigenvalue weighted by Gasteiger charge is -2.19. The van der Waals surface area contributed by atoms with E-state index in [4.69, 9.17) is 5.73 Å². The predicted molar refractivity (Wildman–Crippen MR) is 123 cm³/mol. The molecule has 1 aliphatic carbocycles. The Hall–Kier alpha value is -3.93. The summed E-state index contributed by atoms with van der Waals surface area (Å²) in [5.74, 6) is -1.08. The second kappa shape index (κ2) is 7.80. The van der Waals surface area contributed by atoms with Crippen LogP contribution in [0.3, 0.4) is 0 Å². The molecule has 2 N–H and O–H groups in total. The molecule has 1 amide bonds. The van der Waals surface area contributed by atoms with Crippen LogP contribution in [-0.4, -0.2) is 19.6 Å². The molecule has 2 aromatic heterocycles. The summed E-state index contributed by atoms with van der Waals surface area (Å²) in [6.07, 6.45) is -3.49. The monoisotopic (exact) mass is 502 g/mol. The number of aryl methyl sites for hydroxylation is 1. The lowest BCUT2D eigenvalue weighted by molar-refractivity contribution is -0.138. The number of rotatable bonds is 3. The molecule has 0 unspecified atom stereocenters. The van der Waals surface area contributed by atoms with E-state index in [1.807, 2.05) is 0 Å². The summed E-state index contributed by atoms with van der Waals surface area (Å²) >= 11 is 0.957. The predicted octanol–water partition coefficient (Wildman–Crippen LogP) is 2.57. The third kappa shape index (κ3) is 3.52. The van der Waals surface area contributed by atoms with Gasteiger partial charge in [0.05, 0.1) is 27.5 Å². The summed E-state index contributed by atoms with van der Waals surface area (Å²) < 4.78 is 44.4. The van der Waals surface area contributed by atoms with Crippen molar-refractivity contribution < 1.29 is 18.0 Å². The van der Waals surface area contributed by atoms with Gasteiger partial charge in [-0.3, -0.25) is 23.5 Å². The van der Waals surface area contributed by atoms with Crippen molar-refractivity contribution in [2.75, 3.05) is 0 Å². The molecule has 0 bridgehead atoms. The van der Waals surface area contributed by atoms with Gasteiger partial charge in [0, 0.05) is 13.2 Å². The van der Waals surface area contributed by atoms with Gasteiger partial charge in [-0.15, -0.1) is 0 Å². The summed E-state index contributed by atoms with van der Waals surface area (Å²) in [5.41, 5.74) is 3.41. The number of hydrogen-bond donors (Lipinski definition) is 1. The Bertz CT molecular complexity index is 1710. The van der Waals surface area contributed by atoms with Crippen molar-refractivity contribution in [1.82, 2.24) is 13.7 Å². The smallest absolute Gasteiger partial charge is 0.365 e. The Morgan fingerprint density at radius 2 is 1.89 bits per heavy atom. The minimum absolute atomic E-state index is 0.00624. The van der Waals surface area contributed by atoms with Gasteiger partial charge in [0.15, 0.2) is 0 Å². The lowest BCUT2D eigenvalue weighted by Crippen LogP contribution is -2.44. The van der Waals surface area contributed by atoms with Crippen molar-refractivity contribution in [1.29, 1.82) is 0 Å². The Kier molecular flexibility index (Phi) is 5.09. The molecule has 2 heterocycles. The van der Waals surface area contributed by atoms with Gasteiger partial charge in [0.2, 0.25) is 0 Å². The number of alkyl halides is 3. The van der Waals surface area contributed by atoms with Crippen molar-refractivity contribution in [3.63, 3.8) is 0 Å². The number of thiazole rings is 1. The first-order valence-electron chi connectivity index (χ1n) is 10.5. The van der Waals surface area contributed by atoms with Crippen LogP contribution in [0.4, 0.5) is 13.2 Å². The van der Waals surface area contributed by atoms with Gasteiger partial charge in [0.1, 0.15) is 5.56 Å². The highest BCUT2D eigenvalue weighted by molar-refractivity contribution is 7.16. The molecular weight excluding hydrogens is 485 g/mol. The average molecular weight is 502 g/mol. The maximum atomic E-state index is 13.5. The summed E-state index contributed by atoms with van der Waals surface area (Å²) in [5, 5.41) is 0. The molecule has 12 heteroatoms. The molecule has 35 heavy (non-hydrogen) atoms. The standard InChI is InChI=1S/C23H17F3N4O4S/c1-28-17-7-5-11(9-18(17)35-22(28)34)29-10-14(19(27)31)20(32)30(21(29)33)16-8-6-12-13(16)3-2-4-15(12)23(24,25)26/h2-5,7,9-10,16H,6,8H2,1H3,(H2,27,31)/t16-/m1/s1. The number of nitrogens with two attached hydrogens (primary N) is 1. The van der Waals surface area contributed by atoms with E-state index >= 15 is 0 Å². The normalized spacial score (nSPS) is 15.5. The molecule has 5 rings (SSSR count).